The monoisotopic (exact) mass is 455 g/mol. The highest BCUT2D eigenvalue weighted by molar-refractivity contribution is 6.01. The Morgan fingerprint density at radius 2 is 1.71 bits per heavy atom. The molecule has 0 unspecified atom stereocenters. The van der Waals surface area contributed by atoms with Gasteiger partial charge in [-0.1, -0.05) is 24.3 Å². The lowest BCUT2D eigenvalue weighted by atomic mass is 10.1. The Hall–Kier alpha value is -4.07. The predicted octanol–water partition coefficient (Wildman–Crippen LogP) is 3.72. The summed E-state index contributed by atoms with van der Waals surface area (Å²) in [5.41, 5.74) is 6.16. The third-order valence-corrected chi connectivity index (χ3v) is 6.35. The molecule has 2 aromatic heterocycles. The van der Waals surface area contributed by atoms with Gasteiger partial charge in [-0.05, 0) is 55.7 Å². The number of nitrogens with one attached hydrogen (secondary N) is 1. The number of carbonyl (C=O) groups excluding carboxylic acids is 3. The van der Waals surface area contributed by atoms with Crippen molar-refractivity contribution in [3.8, 4) is 0 Å². The number of benzene rings is 2. The van der Waals surface area contributed by atoms with Gasteiger partial charge in [0.05, 0.1) is 12.1 Å². The molecule has 0 radical (unpaired) electrons. The molecule has 8 nitrogen and oxygen atoms in total. The van der Waals surface area contributed by atoms with Crippen LogP contribution in [-0.2, 0) is 27.3 Å². The highest BCUT2D eigenvalue weighted by atomic mass is 16.2. The zero-order valence-corrected chi connectivity index (χ0v) is 19.2. The number of aryl methyl sites for hydroxylation is 2. The predicted molar refractivity (Wildman–Crippen MR) is 128 cm³/mol. The van der Waals surface area contributed by atoms with E-state index in [9.17, 15) is 14.4 Å². The normalized spacial score (nSPS) is 13.9. The van der Waals surface area contributed by atoms with Crippen LogP contribution in [0.4, 0.5) is 5.69 Å². The lowest BCUT2D eigenvalue weighted by molar-refractivity contribution is -0.139. The molecule has 8 heteroatoms. The number of amides is 3. The second-order valence-corrected chi connectivity index (χ2v) is 8.63. The van der Waals surface area contributed by atoms with Crippen LogP contribution in [0.2, 0.25) is 0 Å². The van der Waals surface area contributed by atoms with Gasteiger partial charge in [-0.15, -0.1) is 0 Å². The number of likely N-dealkylation sites (tertiary alicyclic amines) is 1. The van der Waals surface area contributed by atoms with Gasteiger partial charge in [0, 0.05) is 41.7 Å². The Morgan fingerprint density at radius 3 is 2.44 bits per heavy atom. The van der Waals surface area contributed by atoms with Gasteiger partial charge in [-0.3, -0.25) is 19.3 Å². The summed E-state index contributed by atoms with van der Waals surface area (Å²) < 4.78 is 1.86. The molecule has 4 aromatic rings. The lowest BCUT2D eigenvalue weighted by Gasteiger charge is -2.14. The fourth-order valence-electron chi connectivity index (χ4n) is 4.48. The number of nitrogens with zero attached hydrogens (tertiary/aromatic N) is 4. The fraction of sp³-hybridized carbons (Fsp3) is 0.269. The second kappa shape index (κ2) is 8.70. The van der Waals surface area contributed by atoms with Gasteiger partial charge in [0.15, 0.2) is 5.65 Å². The first-order valence-electron chi connectivity index (χ1n) is 11.4. The van der Waals surface area contributed by atoms with Crippen molar-refractivity contribution in [2.24, 2.45) is 0 Å². The number of aromatic nitrogens is 3. The Morgan fingerprint density at radius 1 is 1.00 bits per heavy atom. The maximum absolute atomic E-state index is 12.6. The van der Waals surface area contributed by atoms with Crippen LogP contribution in [-0.4, -0.2) is 37.2 Å². The van der Waals surface area contributed by atoms with Crippen LogP contribution in [0.15, 0.2) is 48.5 Å². The number of fused-ring (bicyclic) bond motifs is 3. The summed E-state index contributed by atoms with van der Waals surface area (Å²) in [4.78, 5) is 42.2. The van der Waals surface area contributed by atoms with Crippen LogP contribution < -0.4 is 5.32 Å². The molecular weight excluding hydrogens is 430 g/mol. The van der Waals surface area contributed by atoms with Crippen molar-refractivity contribution in [2.45, 2.75) is 46.1 Å². The zero-order chi connectivity index (χ0) is 23.8. The number of hydrogen-bond donors (Lipinski definition) is 1. The molecule has 1 aliphatic rings. The standard InChI is InChI=1S/C26H25N5O3/c1-16-20(17(2)31-26(27-16)21-5-3-4-6-22(21)29-31)11-12-23(32)28-19-9-7-18(8-10-19)15-30-24(33)13-14-25(30)34/h3-10H,11-15H2,1-2H3,(H,28,32). The molecule has 172 valence electrons. The Labute approximate surface area is 196 Å². The Balaban J connectivity index is 1.24. The van der Waals surface area contributed by atoms with E-state index in [2.05, 4.69) is 10.4 Å². The first kappa shape index (κ1) is 21.8. The van der Waals surface area contributed by atoms with Crippen LogP contribution in [0, 0.1) is 13.8 Å². The van der Waals surface area contributed by atoms with Gasteiger partial charge >= 0.3 is 0 Å². The third kappa shape index (κ3) is 4.03. The molecular formula is C26H25N5O3. The van der Waals surface area contributed by atoms with Gasteiger partial charge in [0.1, 0.15) is 0 Å². The molecule has 0 saturated carbocycles. The van der Waals surface area contributed by atoms with Crippen LogP contribution in [0.3, 0.4) is 0 Å². The summed E-state index contributed by atoms with van der Waals surface area (Å²) in [6.07, 6.45) is 1.44. The molecule has 1 aliphatic heterocycles. The zero-order valence-electron chi connectivity index (χ0n) is 19.2. The van der Waals surface area contributed by atoms with Crippen LogP contribution >= 0.6 is 0 Å². The maximum atomic E-state index is 12.6. The quantitative estimate of drug-likeness (QED) is 0.447. The van der Waals surface area contributed by atoms with Crippen molar-refractivity contribution in [2.75, 3.05) is 5.32 Å². The summed E-state index contributed by atoms with van der Waals surface area (Å²) in [5.74, 6) is -0.366. The Kier molecular flexibility index (Phi) is 5.57. The van der Waals surface area contributed by atoms with E-state index in [-0.39, 0.29) is 37.1 Å². The number of rotatable bonds is 6. The molecule has 1 N–H and O–H groups in total. The largest absolute Gasteiger partial charge is 0.326 e. The molecule has 0 spiro atoms. The molecule has 1 saturated heterocycles. The van der Waals surface area contributed by atoms with Crippen LogP contribution in [0.1, 0.15) is 41.8 Å². The third-order valence-electron chi connectivity index (χ3n) is 6.35. The summed E-state index contributed by atoms with van der Waals surface area (Å²) in [6.45, 7) is 4.24. The summed E-state index contributed by atoms with van der Waals surface area (Å²) in [5, 5.41) is 8.61. The molecule has 34 heavy (non-hydrogen) atoms. The van der Waals surface area contributed by atoms with E-state index in [1.807, 2.05) is 54.8 Å². The summed E-state index contributed by atoms with van der Waals surface area (Å²) >= 11 is 0. The average molecular weight is 456 g/mol. The van der Waals surface area contributed by atoms with Crippen LogP contribution in [0.25, 0.3) is 16.6 Å². The van der Waals surface area contributed by atoms with Gasteiger partial charge in [0.2, 0.25) is 17.7 Å². The molecule has 0 atom stereocenters. The number of hydrogen-bond acceptors (Lipinski definition) is 5. The highest BCUT2D eigenvalue weighted by Crippen LogP contribution is 2.23. The maximum Gasteiger partial charge on any atom is 0.229 e. The van der Waals surface area contributed by atoms with E-state index < -0.39 is 0 Å². The van der Waals surface area contributed by atoms with Gasteiger partial charge in [-0.25, -0.2) is 9.50 Å². The topological polar surface area (TPSA) is 96.7 Å². The molecule has 1 fully saturated rings. The first-order valence-corrected chi connectivity index (χ1v) is 11.4. The second-order valence-electron chi connectivity index (χ2n) is 8.63. The average Bonchev–Trinajstić information content (AvgIpc) is 3.35. The number of carbonyl (C=O) groups is 3. The molecule has 0 bridgehead atoms. The fourth-order valence-corrected chi connectivity index (χ4v) is 4.48. The Bertz CT molecular complexity index is 1420. The van der Waals surface area contributed by atoms with Crippen molar-refractivity contribution in [1.82, 2.24) is 19.5 Å². The minimum Gasteiger partial charge on any atom is -0.326 e. The van der Waals surface area contributed by atoms with Crippen molar-refractivity contribution >= 4 is 40.0 Å². The lowest BCUT2D eigenvalue weighted by Crippen LogP contribution is -2.28. The van der Waals surface area contributed by atoms with E-state index in [0.29, 0.717) is 18.5 Å². The van der Waals surface area contributed by atoms with Crippen molar-refractivity contribution < 1.29 is 14.4 Å². The highest BCUT2D eigenvalue weighted by Gasteiger charge is 2.28. The van der Waals surface area contributed by atoms with Crippen LogP contribution in [0.5, 0.6) is 0 Å². The smallest absolute Gasteiger partial charge is 0.229 e. The summed E-state index contributed by atoms with van der Waals surface area (Å²) in [6, 6.07) is 15.1. The van der Waals surface area contributed by atoms with Gasteiger partial charge in [-0.2, -0.15) is 5.10 Å². The van der Waals surface area contributed by atoms with Crippen molar-refractivity contribution in [3.63, 3.8) is 0 Å². The van der Waals surface area contributed by atoms with E-state index in [0.717, 1.165) is 39.1 Å². The van der Waals surface area contributed by atoms with E-state index in [1.54, 1.807) is 12.1 Å². The van der Waals surface area contributed by atoms with E-state index in [1.165, 1.54) is 4.90 Å². The summed E-state index contributed by atoms with van der Waals surface area (Å²) in [7, 11) is 0. The minimum absolute atomic E-state index is 0.0952. The molecule has 5 rings (SSSR count). The minimum atomic E-state index is -0.135. The van der Waals surface area contributed by atoms with Gasteiger partial charge in [0.25, 0.3) is 0 Å². The van der Waals surface area contributed by atoms with Crippen molar-refractivity contribution in [1.29, 1.82) is 0 Å². The van der Waals surface area contributed by atoms with Crippen molar-refractivity contribution in [3.05, 3.63) is 71.0 Å². The SMILES string of the molecule is Cc1nc2c3ccccc3nn2c(C)c1CCC(=O)Nc1ccc(CN2C(=O)CCC2=O)cc1. The first-order chi connectivity index (χ1) is 16.4. The number of imide groups is 1. The molecule has 3 amide bonds. The van der Waals surface area contributed by atoms with E-state index >= 15 is 0 Å². The number of anilines is 1. The molecule has 0 aliphatic carbocycles. The van der Waals surface area contributed by atoms with Gasteiger partial charge < -0.3 is 5.32 Å². The molecule has 3 heterocycles. The molecule has 2 aromatic carbocycles. The van der Waals surface area contributed by atoms with E-state index in [4.69, 9.17) is 4.98 Å².